The number of nitrogens with one attached hydrogen (secondary N) is 1. The highest BCUT2D eigenvalue weighted by Crippen LogP contribution is 2.37. The summed E-state index contributed by atoms with van der Waals surface area (Å²) in [6, 6.07) is 10.6. The van der Waals surface area contributed by atoms with E-state index in [1.165, 1.54) is 5.70 Å². The number of rotatable bonds is 6. The molecule has 1 aromatic heterocycles. The summed E-state index contributed by atoms with van der Waals surface area (Å²) in [7, 11) is 2.12. The molecule has 2 unspecified atom stereocenters. The molecule has 0 saturated carbocycles. The third-order valence-electron chi connectivity index (χ3n) is 8.14. The second-order valence-corrected chi connectivity index (χ2v) is 10.7. The highest BCUT2D eigenvalue weighted by atomic mass is 16.4. The lowest BCUT2D eigenvalue weighted by Crippen LogP contribution is -2.29. The van der Waals surface area contributed by atoms with Crippen LogP contribution >= 0.6 is 0 Å². The Bertz CT molecular complexity index is 1690. The zero-order chi connectivity index (χ0) is 28.7. The Morgan fingerprint density at radius 3 is 2.70 bits per heavy atom. The van der Waals surface area contributed by atoms with E-state index in [9.17, 15) is 14.7 Å². The van der Waals surface area contributed by atoms with Crippen LogP contribution in [0.4, 0.5) is 0 Å². The molecule has 2 aromatic carbocycles. The van der Waals surface area contributed by atoms with Crippen LogP contribution in [0.25, 0.3) is 16.5 Å². The van der Waals surface area contributed by atoms with Crippen LogP contribution in [0.2, 0.25) is 0 Å². The number of benzene rings is 2. The molecule has 0 aliphatic carbocycles. The van der Waals surface area contributed by atoms with Crippen molar-refractivity contribution in [1.82, 2.24) is 10.2 Å². The van der Waals surface area contributed by atoms with E-state index in [2.05, 4.69) is 42.2 Å². The molecule has 7 nitrogen and oxygen atoms in total. The third kappa shape index (κ3) is 4.66. The Hall–Kier alpha value is -4.39. The number of fused-ring (bicyclic) bond motifs is 1. The molecular weight excluding hydrogens is 502 g/mol. The summed E-state index contributed by atoms with van der Waals surface area (Å²) < 4.78 is 6.55. The van der Waals surface area contributed by atoms with E-state index in [1.807, 2.05) is 38.3 Å². The molecule has 2 aliphatic heterocycles. The van der Waals surface area contributed by atoms with Crippen molar-refractivity contribution >= 4 is 28.7 Å². The normalized spacial score (nSPS) is 19.6. The van der Waals surface area contributed by atoms with Crippen molar-refractivity contribution in [1.29, 1.82) is 0 Å². The summed E-state index contributed by atoms with van der Waals surface area (Å²) in [6.07, 6.45) is 8.66. The molecule has 0 bridgehead atoms. The van der Waals surface area contributed by atoms with Crippen LogP contribution < -0.4 is 10.7 Å². The van der Waals surface area contributed by atoms with E-state index in [0.29, 0.717) is 39.8 Å². The largest absolute Gasteiger partial charge is 0.478 e. The van der Waals surface area contributed by atoms with Gasteiger partial charge in [0.15, 0.2) is 5.43 Å². The van der Waals surface area contributed by atoms with Crippen molar-refractivity contribution in [2.45, 2.75) is 53.1 Å². The number of hydrogen-bond acceptors (Lipinski definition) is 6. The Kier molecular flexibility index (Phi) is 7.23. The average Bonchev–Trinajstić information content (AvgIpc) is 3.06. The van der Waals surface area contributed by atoms with Crippen molar-refractivity contribution in [3.05, 3.63) is 110 Å². The zero-order valence-corrected chi connectivity index (χ0v) is 23.8. The zero-order valence-electron chi connectivity index (χ0n) is 23.8. The first-order valence-electron chi connectivity index (χ1n) is 13.7. The first kappa shape index (κ1) is 27.2. The minimum Gasteiger partial charge on any atom is -0.478 e. The second kappa shape index (κ2) is 10.6. The average molecular weight is 538 g/mol. The molecule has 0 spiro atoms. The molecule has 3 aromatic rings. The summed E-state index contributed by atoms with van der Waals surface area (Å²) in [5.74, 6) is -0.136. The molecule has 0 radical (unpaired) electrons. The molecule has 40 heavy (non-hydrogen) atoms. The minimum atomic E-state index is -1.01. The molecule has 3 heterocycles. The lowest BCUT2D eigenvalue weighted by molar-refractivity contribution is 0.0696. The number of carbonyl (C=O) groups is 1. The quantitative estimate of drug-likeness (QED) is 0.355. The van der Waals surface area contributed by atoms with Crippen molar-refractivity contribution in [3.8, 4) is 0 Å². The van der Waals surface area contributed by atoms with E-state index < -0.39 is 5.97 Å². The van der Waals surface area contributed by atoms with Gasteiger partial charge in [0.25, 0.3) is 0 Å². The molecule has 7 heteroatoms. The summed E-state index contributed by atoms with van der Waals surface area (Å²) in [5.41, 5.74) is 6.45. The van der Waals surface area contributed by atoms with E-state index in [-0.39, 0.29) is 17.0 Å². The fourth-order valence-corrected chi connectivity index (χ4v) is 5.91. The smallest absolute Gasteiger partial charge is 0.336 e. The van der Waals surface area contributed by atoms with Gasteiger partial charge in [0.05, 0.1) is 22.7 Å². The van der Waals surface area contributed by atoms with Gasteiger partial charge < -0.3 is 19.7 Å². The number of carboxylic acids is 1. The highest BCUT2D eigenvalue weighted by molar-refractivity contribution is 5.98. The fraction of sp³-hybridized carbons (Fsp3) is 0.303. The van der Waals surface area contributed by atoms with Gasteiger partial charge in [-0.1, -0.05) is 38.1 Å². The number of carboxylic acid groups (broad SMARTS) is 1. The number of allylic oxidation sites excluding steroid dienone is 3. The van der Waals surface area contributed by atoms with E-state index >= 15 is 0 Å². The van der Waals surface area contributed by atoms with Crippen LogP contribution in [0.3, 0.4) is 0 Å². The van der Waals surface area contributed by atoms with Gasteiger partial charge in [-0.25, -0.2) is 4.79 Å². The Morgan fingerprint density at radius 1 is 1.23 bits per heavy atom. The van der Waals surface area contributed by atoms with Crippen LogP contribution in [0, 0.1) is 19.8 Å². The van der Waals surface area contributed by atoms with Crippen LogP contribution in [-0.2, 0) is 0 Å². The third-order valence-corrected chi connectivity index (χ3v) is 8.14. The molecule has 5 rings (SSSR count). The molecule has 0 amide bonds. The summed E-state index contributed by atoms with van der Waals surface area (Å²) in [5, 5.41) is 13.6. The molecule has 206 valence electrons. The molecular formula is C33H35N3O4. The number of hydrogen-bond donors (Lipinski definition) is 2. The van der Waals surface area contributed by atoms with Crippen molar-refractivity contribution < 1.29 is 14.3 Å². The van der Waals surface area contributed by atoms with Gasteiger partial charge in [0, 0.05) is 59.4 Å². The standard InChI is InChI=1S/C33H35N3O4/c1-7-27-19(3)29-28(36(27)6)13-12-23(17-35-29)31-20(4)30(37)26-15-18(2)14-25(32(26)40-31)21(5)34-16-22-10-8-9-11-24(22)33(38)39/h8-17,19,21,27,35H,7H2,1-6H3,(H,38,39)/t19?,21-,27?/m1/s1. The predicted molar refractivity (Wildman–Crippen MR) is 160 cm³/mol. The van der Waals surface area contributed by atoms with Crippen LogP contribution in [0.15, 0.2) is 80.3 Å². The van der Waals surface area contributed by atoms with Crippen molar-refractivity contribution in [2.75, 3.05) is 7.05 Å². The Balaban J connectivity index is 1.57. The molecule has 0 fully saturated rings. The van der Waals surface area contributed by atoms with Gasteiger partial charge in [0.2, 0.25) is 0 Å². The first-order chi connectivity index (χ1) is 19.1. The predicted octanol–water partition coefficient (Wildman–Crippen LogP) is 6.36. The van der Waals surface area contributed by atoms with Gasteiger partial charge in [-0.3, -0.25) is 9.79 Å². The van der Waals surface area contributed by atoms with Crippen LogP contribution in [-0.4, -0.2) is 35.3 Å². The lowest BCUT2D eigenvalue weighted by atomic mass is 9.99. The van der Waals surface area contributed by atoms with E-state index in [1.54, 1.807) is 37.4 Å². The monoisotopic (exact) mass is 537 g/mol. The molecule has 2 aliphatic rings. The molecule has 0 saturated heterocycles. The number of likely N-dealkylation sites (N-methyl/N-ethyl adjacent to an activating group) is 1. The minimum absolute atomic E-state index is 0.0795. The lowest BCUT2D eigenvalue weighted by Gasteiger charge is -2.25. The van der Waals surface area contributed by atoms with Gasteiger partial charge in [-0.2, -0.15) is 0 Å². The Morgan fingerprint density at radius 2 is 1.98 bits per heavy atom. The van der Waals surface area contributed by atoms with Crippen molar-refractivity contribution in [2.24, 2.45) is 10.9 Å². The maximum absolute atomic E-state index is 13.6. The van der Waals surface area contributed by atoms with E-state index in [0.717, 1.165) is 28.8 Å². The number of nitrogens with zero attached hydrogens (tertiary/aromatic N) is 2. The van der Waals surface area contributed by atoms with Gasteiger partial charge >= 0.3 is 5.97 Å². The van der Waals surface area contributed by atoms with Crippen LogP contribution in [0.1, 0.15) is 71.6 Å². The number of aromatic carboxylic acids is 1. The topological polar surface area (TPSA) is 95.1 Å². The summed E-state index contributed by atoms with van der Waals surface area (Å²) in [4.78, 5) is 32.3. The number of aryl methyl sites for hydroxylation is 1. The SMILES string of the molecule is CCC1C(C)C2=C(C=CC(c3oc4c([C@@H](C)N=Cc5ccccc5C(=O)O)cc(C)cc4c(=O)c3C)=CN2)N1C. The number of aliphatic imine (C=N–C) groups is 1. The highest BCUT2D eigenvalue weighted by Gasteiger charge is 2.34. The van der Waals surface area contributed by atoms with Crippen LogP contribution in [0.5, 0.6) is 0 Å². The maximum Gasteiger partial charge on any atom is 0.336 e. The molecule has 2 N–H and O–H groups in total. The van der Waals surface area contributed by atoms with Gasteiger partial charge in [-0.05, 0) is 57.0 Å². The fourth-order valence-electron chi connectivity index (χ4n) is 5.91. The summed E-state index contributed by atoms with van der Waals surface area (Å²) in [6.45, 7) is 10.1. The van der Waals surface area contributed by atoms with Gasteiger partial charge in [0.1, 0.15) is 11.3 Å². The van der Waals surface area contributed by atoms with Gasteiger partial charge in [-0.15, -0.1) is 0 Å². The van der Waals surface area contributed by atoms with E-state index in [4.69, 9.17) is 4.42 Å². The molecule has 3 atom stereocenters. The Labute approximate surface area is 234 Å². The maximum atomic E-state index is 13.6. The second-order valence-electron chi connectivity index (χ2n) is 10.7. The first-order valence-corrected chi connectivity index (χ1v) is 13.7. The van der Waals surface area contributed by atoms with Crippen molar-refractivity contribution in [3.63, 3.8) is 0 Å². The summed E-state index contributed by atoms with van der Waals surface area (Å²) >= 11 is 0.